The second kappa shape index (κ2) is 7.77. The van der Waals surface area contributed by atoms with Gasteiger partial charge in [-0.25, -0.2) is 9.37 Å². The summed E-state index contributed by atoms with van der Waals surface area (Å²) in [4.78, 5) is 16.2. The molecule has 0 spiro atoms. The molecule has 6 heteroatoms. The third-order valence-corrected chi connectivity index (χ3v) is 3.66. The molecule has 0 atom stereocenters. The Morgan fingerprint density at radius 3 is 2.52 bits per heavy atom. The molecule has 0 fully saturated rings. The fourth-order valence-electron chi connectivity index (χ4n) is 2.25. The van der Waals surface area contributed by atoms with Gasteiger partial charge in [-0.1, -0.05) is 29.8 Å². The minimum absolute atomic E-state index is 0.157. The van der Waals surface area contributed by atoms with Crippen LogP contribution in [-0.2, 0) is 11.2 Å². The number of halogens is 2. The van der Waals surface area contributed by atoms with Gasteiger partial charge in [0.2, 0.25) is 5.91 Å². The zero-order valence-corrected chi connectivity index (χ0v) is 13.9. The topological polar surface area (TPSA) is 54.0 Å². The van der Waals surface area contributed by atoms with E-state index in [9.17, 15) is 9.18 Å². The molecule has 0 aliphatic carbocycles. The van der Waals surface area contributed by atoms with Crippen molar-refractivity contribution in [2.75, 3.05) is 10.6 Å². The third-order valence-electron chi connectivity index (χ3n) is 3.42. The maximum Gasteiger partial charge on any atom is 0.229 e. The third kappa shape index (κ3) is 5.02. The van der Waals surface area contributed by atoms with Gasteiger partial charge in [-0.3, -0.25) is 4.79 Å². The lowest BCUT2D eigenvalue weighted by molar-refractivity contribution is -0.115. The number of nitrogens with one attached hydrogen (secondary N) is 2. The van der Waals surface area contributed by atoms with Crippen LogP contribution in [0.3, 0.4) is 0 Å². The standard InChI is InChI=1S/C19H15ClFN3O/c20-14-2-1-3-16(11-14)23-17-8-9-18(22-12-17)24-19(25)10-13-4-6-15(21)7-5-13/h1-9,11-12,23H,10H2,(H,22,24,25). The van der Waals surface area contributed by atoms with E-state index in [2.05, 4.69) is 15.6 Å². The number of rotatable bonds is 5. The Bertz CT molecular complexity index is 867. The van der Waals surface area contributed by atoms with E-state index in [1.807, 2.05) is 12.1 Å². The van der Waals surface area contributed by atoms with Crippen molar-refractivity contribution < 1.29 is 9.18 Å². The molecule has 1 aromatic heterocycles. The number of carbonyl (C=O) groups is 1. The molecule has 1 amide bonds. The minimum atomic E-state index is -0.325. The van der Waals surface area contributed by atoms with Crippen molar-refractivity contribution in [1.82, 2.24) is 4.98 Å². The maximum atomic E-state index is 12.9. The Morgan fingerprint density at radius 1 is 1.04 bits per heavy atom. The van der Waals surface area contributed by atoms with Gasteiger partial charge >= 0.3 is 0 Å². The molecule has 126 valence electrons. The van der Waals surface area contributed by atoms with Crippen molar-refractivity contribution in [3.63, 3.8) is 0 Å². The van der Waals surface area contributed by atoms with Crippen molar-refractivity contribution >= 4 is 34.7 Å². The minimum Gasteiger partial charge on any atom is -0.354 e. The van der Waals surface area contributed by atoms with Crippen LogP contribution in [0.5, 0.6) is 0 Å². The largest absolute Gasteiger partial charge is 0.354 e. The van der Waals surface area contributed by atoms with E-state index >= 15 is 0 Å². The first-order chi connectivity index (χ1) is 12.1. The molecule has 0 unspecified atom stereocenters. The predicted octanol–water partition coefficient (Wildman–Crippen LogP) is 4.80. The molecule has 0 aliphatic heterocycles. The summed E-state index contributed by atoms with van der Waals surface area (Å²) < 4.78 is 12.9. The van der Waals surface area contributed by atoms with Crippen LogP contribution in [0.2, 0.25) is 5.02 Å². The van der Waals surface area contributed by atoms with Gasteiger partial charge in [0.05, 0.1) is 18.3 Å². The number of benzene rings is 2. The van der Waals surface area contributed by atoms with Gasteiger partial charge in [0.15, 0.2) is 0 Å². The van der Waals surface area contributed by atoms with Crippen LogP contribution < -0.4 is 10.6 Å². The summed E-state index contributed by atoms with van der Waals surface area (Å²) in [6.45, 7) is 0. The number of aromatic nitrogens is 1. The average molecular weight is 356 g/mol. The lowest BCUT2D eigenvalue weighted by Crippen LogP contribution is -2.15. The van der Waals surface area contributed by atoms with Crippen LogP contribution in [0.25, 0.3) is 0 Å². The van der Waals surface area contributed by atoms with Gasteiger partial charge < -0.3 is 10.6 Å². The number of amides is 1. The molecular formula is C19H15ClFN3O. The van der Waals surface area contributed by atoms with Gasteiger partial charge in [0.1, 0.15) is 11.6 Å². The Hall–Kier alpha value is -2.92. The molecular weight excluding hydrogens is 341 g/mol. The molecule has 3 rings (SSSR count). The molecule has 0 radical (unpaired) electrons. The van der Waals surface area contributed by atoms with Gasteiger partial charge in [-0.05, 0) is 48.0 Å². The second-order valence-corrected chi connectivity index (χ2v) is 5.86. The first kappa shape index (κ1) is 16.9. The number of carbonyl (C=O) groups excluding carboxylic acids is 1. The molecule has 1 heterocycles. The summed E-state index contributed by atoms with van der Waals surface area (Å²) in [6, 6.07) is 16.7. The van der Waals surface area contributed by atoms with E-state index in [0.717, 1.165) is 16.9 Å². The fourth-order valence-corrected chi connectivity index (χ4v) is 2.44. The summed E-state index contributed by atoms with van der Waals surface area (Å²) in [5.74, 6) is -0.0907. The van der Waals surface area contributed by atoms with E-state index < -0.39 is 0 Å². The second-order valence-electron chi connectivity index (χ2n) is 5.42. The van der Waals surface area contributed by atoms with Gasteiger partial charge in [-0.15, -0.1) is 0 Å². The molecule has 0 aliphatic rings. The molecule has 2 aromatic carbocycles. The highest BCUT2D eigenvalue weighted by Gasteiger charge is 2.05. The molecule has 0 saturated carbocycles. The van der Waals surface area contributed by atoms with E-state index in [0.29, 0.717) is 10.8 Å². The van der Waals surface area contributed by atoms with Crippen LogP contribution in [0.1, 0.15) is 5.56 Å². The van der Waals surface area contributed by atoms with E-state index in [1.54, 1.807) is 42.6 Å². The summed E-state index contributed by atoms with van der Waals surface area (Å²) in [5.41, 5.74) is 2.36. The number of pyridine rings is 1. The molecule has 0 saturated heterocycles. The Kier molecular flexibility index (Phi) is 5.26. The first-order valence-electron chi connectivity index (χ1n) is 7.61. The predicted molar refractivity (Wildman–Crippen MR) is 97.7 cm³/mol. The van der Waals surface area contributed by atoms with Crippen LogP contribution in [0.15, 0.2) is 66.9 Å². The summed E-state index contributed by atoms with van der Waals surface area (Å²) in [7, 11) is 0. The Balaban J connectivity index is 1.58. The lowest BCUT2D eigenvalue weighted by Gasteiger charge is -2.08. The average Bonchev–Trinajstić information content (AvgIpc) is 2.59. The van der Waals surface area contributed by atoms with Crippen molar-refractivity contribution in [3.8, 4) is 0 Å². The summed E-state index contributed by atoms with van der Waals surface area (Å²) in [5, 5.41) is 6.53. The van der Waals surface area contributed by atoms with Crippen molar-refractivity contribution in [2.24, 2.45) is 0 Å². The zero-order valence-electron chi connectivity index (χ0n) is 13.2. The number of nitrogens with zero attached hydrogens (tertiary/aromatic N) is 1. The van der Waals surface area contributed by atoms with Gasteiger partial charge in [0.25, 0.3) is 0 Å². The normalized spacial score (nSPS) is 10.3. The highest BCUT2D eigenvalue weighted by Crippen LogP contribution is 2.20. The fraction of sp³-hybridized carbons (Fsp3) is 0.0526. The SMILES string of the molecule is O=C(Cc1ccc(F)cc1)Nc1ccc(Nc2cccc(Cl)c2)cn1. The number of anilines is 3. The quantitative estimate of drug-likeness (QED) is 0.691. The van der Waals surface area contributed by atoms with Gasteiger partial charge in [-0.2, -0.15) is 0 Å². The molecule has 25 heavy (non-hydrogen) atoms. The van der Waals surface area contributed by atoms with Crippen LogP contribution in [0.4, 0.5) is 21.6 Å². The molecule has 3 aromatic rings. The summed E-state index contributed by atoms with van der Waals surface area (Å²) >= 11 is 5.94. The first-order valence-corrected chi connectivity index (χ1v) is 7.99. The molecule has 2 N–H and O–H groups in total. The van der Waals surface area contributed by atoms with Gasteiger partial charge in [0, 0.05) is 10.7 Å². The smallest absolute Gasteiger partial charge is 0.229 e. The highest BCUT2D eigenvalue weighted by atomic mass is 35.5. The van der Waals surface area contributed by atoms with Crippen LogP contribution in [0, 0.1) is 5.82 Å². The summed E-state index contributed by atoms with van der Waals surface area (Å²) in [6.07, 6.45) is 1.78. The van der Waals surface area contributed by atoms with Crippen LogP contribution in [-0.4, -0.2) is 10.9 Å². The van der Waals surface area contributed by atoms with E-state index in [1.165, 1.54) is 12.1 Å². The Morgan fingerprint density at radius 2 is 1.84 bits per heavy atom. The van der Waals surface area contributed by atoms with Crippen molar-refractivity contribution in [1.29, 1.82) is 0 Å². The zero-order chi connectivity index (χ0) is 17.6. The maximum absolute atomic E-state index is 12.9. The van der Waals surface area contributed by atoms with Crippen molar-refractivity contribution in [3.05, 3.63) is 83.3 Å². The number of hydrogen-bond donors (Lipinski definition) is 2. The molecule has 0 bridgehead atoms. The van der Waals surface area contributed by atoms with E-state index in [4.69, 9.17) is 11.6 Å². The van der Waals surface area contributed by atoms with E-state index in [-0.39, 0.29) is 18.1 Å². The van der Waals surface area contributed by atoms with Crippen LogP contribution >= 0.6 is 11.6 Å². The highest BCUT2D eigenvalue weighted by molar-refractivity contribution is 6.30. The lowest BCUT2D eigenvalue weighted by atomic mass is 10.1. The molecule has 4 nitrogen and oxygen atoms in total. The Labute approximate surface area is 149 Å². The number of hydrogen-bond acceptors (Lipinski definition) is 3. The monoisotopic (exact) mass is 355 g/mol. The van der Waals surface area contributed by atoms with Crippen molar-refractivity contribution in [2.45, 2.75) is 6.42 Å².